The number of benzene rings is 2. The molecule has 3 aromatic rings. The number of rotatable bonds is 6. The highest BCUT2D eigenvalue weighted by Gasteiger charge is 2.22. The topological polar surface area (TPSA) is 51.5 Å². The van der Waals surface area contributed by atoms with Crippen LogP contribution in [0.15, 0.2) is 52.9 Å². The lowest BCUT2D eigenvalue weighted by Crippen LogP contribution is -2.20. The van der Waals surface area contributed by atoms with Crippen LogP contribution >= 0.6 is 11.6 Å². The Bertz CT molecular complexity index is 888. The minimum absolute atomic E-state index is 0.0254. The summed E-state index contributed by atoms with van der Waals surface area (Å²) in [6.45, 7) is 4.59. The summed E-state index contributed by atoms with van der Waals surface area (Å²) >= 11 is 6.27. The van der Waals surface area contributed by atoms with Crippen molar-refractivity contribution in [1.29, 1.82) is 0 Å². The molecule has 2 aromatic carbocycles. The molecule has 1 unspecified atom stereocenters. The van der Waals surface area contributed by atoms with E-state index in [9.17, 15) is 4.79 Å². The molecule has 4 nitrogen and oxygen atoms in total. The summed E-state index contributed by atoms with van der Waals surface area (Å²) in [5.41, 5.74) is 2.48. The molecule has 1 atom stereocenters. The van der Waals surface area contributed by atoms with Gasteiger partial charge in [0.25, 0.3) is 0 Å². The van der Waals surface area contributed by atoms with E-state index in [1.807, 2.05) is 55.5 Å². The number of fused-ring (bicyclic) bond motifs is 1. The minimum Gasteiger partial charge on any atom is -0.460 e. The lowest BCUT2D eigenvalue weighted by atomic mass is 10.1. The number of hydrogen-bond donors (Lipinski definition) is 1. The zero-order valence-corrected chi connectivity index (χ0v) is 15.0. The number of hydrogen-bond acceptors (Lipinski definition) is 4. The van der Waals surface area contributed by atoms with E-state index >= 15 is 0 Å². The maximum atomic E-state index is 12.2. The van der Waals surface area contributed by atoms with Gasteiger partial charge in [0, 0.05) is 28.6 Å². The second-order valence-corrected chi connectivity index (χ2v) is 6.16. The SMILES string of the molecule is CCOC(=O)c1oc2ccccc2c1CNC(C)c1ccccc1Cl. The largest absolute Gasteiger partial charge is 0.460 e. The molecular formula is C20H20ClNO3. The van der Waals surface area contributed by atoms with Crippen LogP contribution in [0, 0.1) is 0 Å². The molecule has 0 aliphatic carbocycles. The molecule has 0 aliphatic heterocycles. The normalized spacial score (nSPS) is 12.3. The van der Waals surface area contributed by atoms with Crippen molar-refractivity contribution in [3.8, 4) is 0 Å². The van der Waals surface area contributed by atoms with Crippen molar-refractivity contribution in [2.45, 2.75) is 26.4 Å². The van der Waals surface area contributed by atoms with Crippen molar-refractivity contribution in [3.63, 3.8) is 0 Å². The van der Waals surface area contributed by atoms with Crippen molar-refractivity contribution >= 4 is 28.5 Å². The van der Waals surface area contributed by atoms with Crippen LogP contribution < -0.4 is 5.32 Å². The van der Waals surface area contributed by atoms with E-state index in [-0.39, 0.29) is 11.8 Å². The Morgan fingerprint density at radius 2 is 1.92 bits per heavy atom. The molecule has 5 heteroatoms. The van der Waals surface area contributed by atoms with Gasteiger partial charge in [-0.2, -0.15) is 0 Å². The van der Waals surface area contributed by atoms with Crippen molar-refractivity contribution in [2.24, 2.45) is 0 Å². The molecule has 130 valence electrons. The molecule has 0 bridgehead atoms. The van der Waals surface area contributed by atoms with Crippen molar-refractivity contribution in [2.75, 3.05) is 6.61 Å². The average Bonchev–Trinajstić information content (AvgIpc) is 2.99. The number of ether oxygens (including phenoxy) is 1. The Morgan fingerprint density at radius 3 is 2.68 bits per heavy atom. The van der Waals surface area contributed by atoms with E-state index in [2.05, 4.69) is 5.32 Å². The summed E-state index contributed by atoms with van der Waals surface area (Å²) in [5.74, 6) is -0.192. The molecule has 0 spiro atoms. The number of para-hydroxylation sites is 1. The van der Waals surface area contributed by atoms with Gasteiger partial charge < -0.3 is 14.5 Å². The van der Waals surface area contributed by atoms with Gasteiger partial charge in [0.1, 0.15) is 5.58 Å². The van der Waals surface area contributed by atoms with Gasteiger partial charge in [-0.25, -0.2) is 4.79 Å². The molecular weight excluding hydrogens is 338 g/mol. The predicted molar refractivity (Wildman–Crippen MR) is 98.9 cm³/mol. The van der Waals surface area contributed by atoms with Crippen LogP contribution in [0.5, 0.6) is 0 Å². The Labute approximate surface area is 151 Å². The van der Waals surface area contributed by atoms with Crippen LogP contribution in [0.25, 0.3) is 11.0 Å². The monoisotopic (exact) mass is 357 g/mol. The maximum Gasteiger partial charge on any atom is 0.374 e. The van der Waals surface area contributed by atoms with E-state index in [0.29, 0.717) is 23.8 Å². The Kier molecular flexibility index (Phi) is 5.41. The number of nitrogens with one attached hydrogen (secondary N) is 1. The highest BCUT2D eigenvalue weighted by molar-refractivity contribution is 6.31. The second kappa shape index (κ2) is 7.72. The fourth-order valence-corrected chi connectivity index (χ4v) is 3.13. The molecule has 0 amide bonds. The Morgan fingerprint density at radius 1 is 1.20 bits per heavy atom. The van der Waals surface area contributed by atoms with E-state index in [1.54, 1.807) is 6.92 Å². The first kappa shape index (κ1) is 17.5. The molecule has 1 aromatic heterocycles. The first-order valence-corrected chi connectivity index (χ1v) is 8.65. The van der Waals surface area contributed by atoms with Crippen LogP contribution in [0.3, 0.4) is 0 Å². The Balaban J connectivity index is 1.88. The fraction of sp³-hybridized carbons (Fsp3) is 0.250. The summed E-state index contributed by atoms with van der Waals surface area (Å²) in [5, 5.41) is 5.04. The van der Waals surface area contributed by atoms with Crippen LogP contribution in [0.4, 0.5) is 0 Å². The molecule has 0 aliphatic rings. The van der Waals surface area contributed by atoms with Crippen molar-refractivity contribution in [1.82, 2.24) is 5.32 Å². The van der Waals surface area contributed by atoms with E-state index in [4.69, 9.17) is 20.8 Å². The maximum absolute atomic E-state index is 12.2. The first-order valence-electron chi connectivity index (χ1n) is 8.27. The van der Waals surface area contributed by atoms with Crippen LogP contribution in [0.1, 0.15) is 41.6 Å². The molecule has 25 heavy (non-hydrogen) atoms. The number of carbonyl (C=O) groups excluding carboxylic acids is 1. The lowest BCUT2D eigenvalue weighted by molar-refractivity contribution is 0.0490. The van der Waals surface area contributed by atoms with Gasteiger partial charge in [-0.15, -0.1) is 0 Å². The summed E-state index contributed by atoms with van der Waals surface area (Å²) in [7, 11) is 0. The van der Waals surface area contributed by atoms with Gasteiger partial charge in [0.15, 0.2) is 0 Å². The molecule has 3 rings (SSSR count). The Hall–Kier alpha value is -2.30. The van der Waals surface area contributed by atoms with Crippen LogP contribution in [-0.2, 0) is 11.3 Å². The predicted octanol–water partition coefficient (Wildman–Crippen LogP) is 5.11. The third-order valence-corrected chi connectivity index (χ3v) is 4.46. The molecule has 1 N–H and O–H groups in total. The molecule has 0 saturated carbocycles. The summed E-state index contributed by atoms with van der Waals surface area (Å²) in [4.78, 5) is 12.2. The van der Waals surface area contributed by atoms with E-state index in [1.165, 1.54) is 0 Å². The van der Waals surface area contributed by atoms with Gasteiger partial charge in [-0.3, -0.25) is 0 Å². The number of halogens is 1. The fourth-order valence-electron chi connectivity index (χ4n) is 2.83. The van der Waals surface area contributed by atoms with Gasteiger partial charge in [-0.05, 0) is 31.5 Å². The number of furan rings is 1. The number of carbonyl (C=O) groups is 1. The van der Waals surface area contributed by atoms with Crippen LogP contribution in [-0.4, -0.2) is 12.6 Å². The quantitative estimate of drug-likeness (QED) is 0.622. The highest BCUT2D eigenvalue weighted by atomic mass is 35.5. The van der Waals surface area contributed by atoms with Gasteiger partial charge in [-0.1, -0.05) is 48.0 Å². The molecule has 0 radical (unpaired) electrons. The molecule has 0 fully saturated rings. The van der Waals surface area contributed by atoms with Gasteiger partial charge in [0.2, 0.25) is 5.76 Å². The standard InChI is InChI=1S/C20H20ClNO3/c1-3-24-20(23)19-16(15-9-5-7-11-18(15)25-19)12-22-13(2)14-8-4-6-10-17(14)21/h4-11,13,22H,3,12H2,1-2H3. The van der Waals surface area contributed by atoms with Crippen LogP contribution in [0.2, 0.25) is 5.02 Å². The third kappa shape index (κ3) is 3.70. The summed E-state index contributed by atoms with van der Waals surface area (Å²) < 4.78 is 10.9. The van der Waals surface area contributed by atoms with Gasteiger partial charge in [0.05, 0.1) is 6.61 Å². The third-order valence-electron chi connectivity index (χ3n) is 4.12. The average molecular weight is 358 g/mol. The van der Waals surface area contributed by atoms with E-state index in [0.717, 1.165) is 16.5 Å². The van der Waals surface area contributed by atoms with Crippen molar-refractivity contribution < 1.29 is 13.9 Å². The summed E-state index contributed by atoms with van der Waals surface area (Å²) in [6.07, 6.45) is 0. The summed E-state index contributed by atoms with van der Waals surface area (Å²) in [6, 6.07) is 15.3. The smallest absolute Gasteiger partial charge is 0.374 e. The second-order valence-electron chi connectivity index (χ2n) is 5.75. The minimum atomic E-state index is -0.444. The first-order chi connectivity index (χ1) is 12.1. The van der Waals surface area contributed by atoms with E-state index < -0.39 is 5.97 Å². The zero-order chi connectivity index (χ0) is 17.8. The number of esters is 1. The zero-order valence-electron chi connectivity index (χ0n) is 14.2. The van der Waals surface area contributed by atoms with Crippen molar-refractivity contribution in [3.05, 3.63) is 70.4 Å². The lowest BCUT2D eigenvalue weighted by Gasteiger charge is -2.15. The molecule has 0 saturated heterocycles. The highest BCUT2D eigenvalue weighted by Crippen LogP contribution is 2.28. The van der Waals surface area contributed by atoms with Gasteiger partial charge >= 0.3 is 5.97 Å². The molecule has 1 heterocycles.